The van der Waals surface area contributed by atoms with Gasteiger partial charge in [0.1, 0.15) is 35.7 Å². The number of nitrogens with zero attached hydrogens (tertiary/aromatic N) is 7. The molecule has 0 saturated carbocycles. The first-order valence-electron chi connectivity index (χ1n) is 25.3. The van der Waals surface area contributed by atoms with Crippen molar-refractivity contribution in [3.05, 3.63) is 106 Å². The highest BCUT2D eigenvalue weighted by Gasteiger charge is 2.44. The number of piperazine rings is 1. The fraction of sp³-hybridized carbons (Fsp3) is 0.444. The SMILES string of the molecule is COc1cc2ncnc(Nc3ccc(F)c(Cl)c3)c2cc1OCCCN1CCN(C(=O)CCCCNC(=O)C[C@H](NC(=O)[C@@H]2C[C@@H](O)CN2C(=O)[C@@H](c2ocnc2C)C(C)C)c2ccc(-c3scnc3C)cc2)CC1. The summed E-state index contributed by atoms with van der Waals surface area (Å²) >= 11 is 7.52. The van der Waals surface area contributed by atoms with Gasteiger partial charge in [-0.25, -0.2) is 24.3 Å². The number of carbonyl (C=O) groups excluding carboxylic acids is 4. The normalized spacial score (nSPS) is 16.8. The lowest BCUT2D eigenvalue weighted by Gasteiger charge is -2.34. The minimum atomic E-state index is -0.970. The van der Waals surface area contributed by atoms with Gasteiger partial charge in [-0.3, -0.25) is 24.1 Å². The van der Waals surface area contributed by atoms with Crippen LogP contribution in [-0.4, -0.2) is 135 Å². The molecule has 5 heterocycles. The van der Waals surface area contributed by atoms with Gasteiger partial charge in [-0.05, 0) is 74.4 Å². The molecule has 21 heteroatoms. The van der Waals surface area contributed by atoms with Crippen LogP contribution in [-0.2, 0) is 19.2 Å². The van der Waals surface area contributed by atoms with Crippen molar-refractivity contribution in [3.8, 4) is 21.9 Å². The van der Waals surface area contributed by atoms with Crippen molar-refractivity contribution >= 4 is 69.0 Å². The molecule has 2 aliphatic heterocycles. The lowest BCUT2D eigenvalue weighted by molar-refractivity contribution is -0.141. The number of aliphatic hydroxyl groups excluding tert-OH is 1. The summed E-state index contributed by atoms with van der Waals surface area (Å²) in [6, 6.07) is 13.9. The fourth-order valence-corrected chi connectivity index (χ4v) is 10.6. The number of anilines is 2. The number of unbranched alkanes of at least 4 members (excludes halogenated alkanes) is 1. The Hall–Kier alpha value is -6.74. The van der Waals surface area contributed by atoms with Crippen LogP contribution in [0.3, 0.4) is 0 Å². The second-order valence-corrected chi connectivity index (χ2v) is 20.6. The molecule has 4 atom stereocenters. The quantitative estimate of drug-likeness (QED) is 0.0478. The number of hydrogen-bond donors (Lipinski definition) is 4. The van der Waals surface area contributed by atoms with Crippen molar-refractivity contribution in [1.29, 1.82) is 0 Å². The van der Waals surface area contributed by atoms with Gasteiger partial charge in [0.15, 0.2) is 17.9 Å². The second kappa shape index (κ2) is 25.2. The van der Waals surface area contributed by atoms with Crippen molar-refractivity contribution in [1.82, 2.24) is 45.3 Å². The van der Waals surface area contributed by atoms with Gasteiger partial charge in [0.25, 0.3) is 0 Å². The highest BCUT2D eigenvalue weighted by Crippen LogP contribution is 2.36. The van der Waals surface area contributed by atoms with E-state index in [2.05, 4.69) is 40.8 Å². The fourth-order valence-electron chi connectivity index (χ4n) is 9.64. The maximum atomic E-state index is 14.2. The molecule has 8 rings (SSSR count). The van der Waals surface area contributed by atoms with Crippen LogP contribution in [0.1, 0.15) is 87.0 Å². The van der Waals surface area contributed by atoms with Crippen LogP contribution in [0, 0.1) is 25.6 Å². The molecule has 0 radical (unpaired) electrons. The van der Waals surface area contributed by atoms with Crippen LogP contribution < -0.4 is 25.4 Å². The average Bonchev–Trinajstić information content (AvgIpc) is 4.15. The molecule has 3 aromatic heterocycles. The number of ether oxygens (including phenoxy) is 2. The summed E-state index contributed by atoms with van der Waals surface area (Å²) in [6.07, 6.45) is 4.08. The van der Waals surface area contributed by atoms with Gasteiger partial charge >= 0.3 is 0 Å². The number of nitrogens with one attached hydrogen (secondary N) is 3. The van der Waals surface area contributed by atoms with E-state index >= 15 is 0 Å². The first kappa shape index (κ1) is 54.5. The molecule has 4 amide bonds. The van der Waals surface area contributed by atoms with E-state index in [1.165, 1.54) is 41.1 Å². The number of likely N-dealkylation sites (tertiary alicyclic amines) is 1. The lowest BCUT2D eigenvalue weighted by Crippen LogP contribution is -2.49. The Labute approximate surface area is 444 Å². The van der Waals surface area contributed by atoms with Gasteiger partial charge in [0.2, 0.25) is 23.6 Å². The minimum Gasteiger partial charge on any atom is -0.493 e. The maximum absolute atomic E-state index is 14.2. The van der Waals surface area contributed by atoms with Gasteiger partial charge in [-0.15, -0.1) is 11.3 Å². The summed E-state index contributed by atoms with van der Waals surface area (Å²) in [5.74, 6) is -0.406. The van der Waals surface area contributed by atoms with Crippen LogP contribution in [0.5, 0.6) is 11.5 Å². The molecule has 0 bridgehead atoms. The number of halogens is 2. The number of fused-ring (bicyclic) bond motifs is 1. The number of hydrogen-bond acceptors (Lipinski definition) is 15. The van der Waals surface area contributed by atoms with Crippen LogP contribution in [0.2, 0.25) is 5.02 Å². The Kier molecular flexibility index (Phi) is 18.3. The summed E-state index contributed by atoms with van der Waals surface area (Å²) < 4.78 is 31.2. The number of methoxy groups -OCH3 is 1. The van der Waals surface area contributed by atoms with E-state index in [1.54, 1.807) is 31.7 Å². The topological polar surface area (TPSA) is 217 Å². The maximum Gasteiger partial charge on any atom is 0.243 e. The predicted octanol–water partition coefficient (Wildman–Crippen LogP) is 7.75. The van der Waals surface area contributed by atoms with Crippen molar-refractivity contribution < 1.29 is 42.6 Å². The molecular weight excluding hydrogens is 1000 g/mol. The molecule has 6 aromatic rings. The van der Waals surface area contributed by atoms with E-state index in [9.17, 15) is 28.7 Å². The van der Waals surface area contributed by atoms with Gasteiger partial charge in [-0.2, -0.15) is 0 Å². The predicted molar refractivity (Wildman–Crippen MR) is 284 cm³/mol. The lowest BCUT2D eigenvalue weighted by atomic mass is 9.90. The van der Waals surface area contributed by atoms with Crippen molar-refractivity contribution in [2.24, 2.45) is 5.92 Å². The molecule has 2 fully saturated rings. The van der Waals surface area contributed by atoms with E-state index in [-0.39, 0.29) is 48.0 Å². The van der Waals surface area contributed by atoms with E-state index in [1.807, 2.05) is 56.0 Å². The third-order valence-electron chi connectivity index (χ3n) is 13.7. The molecule has 3 aromatic carbocycles. The van der Waals surface area contributed by atoms with Crippen molar-refractivity contribution in [2.75, 3.05) is 64.8 Å². The van der Waals surface area contributed by atoms with Crippen LogP contribution >= 0.6 is 22.9 Å². The van der Waals surface area contributed by atoms with Crippen LogP contribution in [0.25, 0.3) is 21.3 Å². The number of aromatic nitrogens is 4. The van der Waals surface area contributed by atoms with Gasteiger partial charge < -0.3 is 44.7 Å². The second-order valence-electron chi connectivity index (χ2n) is 19.3. The van der Waals surface area contributed by atoms with E-state index in [4.69, 9.17) is 25.5 Å². The number of oxazole rings is 1. The van der Waals surface area contributed by atoms with Gasteiger partial charge in [0.05, 0.1) is 64.6 Å². The Balaban J connectivity index is 0.786. The van der Waals surface area contributed by atoms with E-state index in [0.717, 1.165) is 42.2 Å². The molecular formula is C54H64ClFN10O8S. The number of amides is 4. The number of benzene rings is 3. The summed E-state index contributed by atoms with van der Waals surface area (Å²) in [5.41, 5.74) is 6.15. The average molecular weight is 1070 g/mol. The molecule has 4 N–H and O–H groups in total. The van der Waals surface area contributed by atoms with Crippen molar-refractivity contribution in [2.45, 2.75) is 90.3 Å². The highest BCUT2D eigenvalue weighted by molar-refractivity contribution is 7.13. The number of aliphatic hydroxyl groups is 1. The van der Waals surface area contributed by atoms with E-state index in [0.29, 0.717) is 96.4 Å². The zero-order valence-corrected chi connectivity index (χ0v) is 44.4. The first-order chi connectivity index (χ1) is 36.2. The Morgan fingerprint density at radius 2 is 1.73 bits per heavy atom. The van der Waals surface area contributed by atoms with E-state index < -0.39 is 35.8 Å². The third-order valence-corrected chi connectivity index (χ3v) is 15.0. The van der Waals surface area contributed by atoms with Crippen LogP contribution in [0.15, 0.2) is 77.2 Å². The summed E-state index contributed by atoms with van der Waals surface area (Å²) in [4.78, 5) is 79.1. The largest absolute Gasteiger partial charge is 0.493 e. The molecule has 2 aliphatic rings. The summed E-state index contributed by atoms with van der Waals surface area (Å²) in [7, 11) is 1.57. The Morgan fingerprint density at radius 3 is 2.43 bits per heavy atom. The number of thiazole rings is 1. The standard InChI is InChI=1S/C54H64ClFN10O8S/c1-32(2)49(50-33(3)60-30-74-50)54(71)66-28-38(67)24-44(66)53(70)63-42(35-10-12-36(13-11-35)51-34(4)61-31-75-51)27-47(68)57-16-7-6-9-48(69)65-20-18-64(19-21-65)17-8-22-73-46-25-39-43(26-45(46)72-5)58-29-59-52(39)62-37-14-15-41(56)40(55)23-37/h10-15,23,25-26,29-32,38,42,44,49,67H,6-9,16-22,24,27-28H2,1-5H3,(H,57,68)(H,63,70)(H,58,59,62)/t38-,42+,44+,49-/m1/s1. The molecule has 75 heavy (non-hydrogen) atoms. The van der Waals surface area contributed by atoms with Gasteiger partial charge in [0, 0.05) is 75.8 Å². The zero-order chi connectivity index (χ0) is 53.2. The zero-order valence-electron chi connectivity index (χ0n) is 42.8. The number of rotatable bonds is 22. The molecule has 0 unspecified atom stereocenters. The summed E-state index contributed by atoms with van der Waals surface area (Å²) in [6.45, 7) is 11.8. The number of aryl methyl sites for hydroxylation is 2. The minimum absolute atomic E-state index is 0.00714. The first-order valence-corrected chi connectivity index (χ1v) is 26.6. The Bertz CT molecular complexity index is 2950. The van der Waals surface area contributed by atoms with Crippen LogP contribution in [0.4, 0.5) is 15.9 Å². The summed E-state index contributed by atoms with van der Waals surface area (Å²) in [5, 5.41) is 20.7. The molecule has 0 aliphatic carbocycles. The molecule has 18 nitrogen and oxygen atoms in total. The third kappa shape index (κ3) is 13.6. The van der Waals surface area contributed by atoms with Gasteiger partial charge in [-0.1, -0.05) is 49.7 Å². The molecule has 2 saturated heterocycles. The van der Waals surface area contributed by atoms with Crippen molar-refractivity contribution in [3.63, 3.8) is 0 Å². The highest BCUT2D eigenvalue weighted by atomic mass is 35.5. The molecule has 0 spiro atoms. The number of carbonyl (C=O) groups is 4. The smallest absolute Gasteiger partial charge is 0.243 e. The Morgan fingerprint density at radius 1 is 0.947 bits per heavy atom. The monoisotopic (exact) mass is 1070 g/mol. The molecule has 398 valence electrons. The number of β-amino-alcohol motifs (C(OH)–C–C–N with tert-alkyl or cyclic N) is 1.